The molecular formula is C2H3Cl8N4P3S. The van der Waals surface area contributed by atoms with Gasteiger partial charge in [0.25, 0.3) is 14.9 Å². The normalized spacial score (nSPS) is 30.3. The van der Waals surface area contributed by atoms with Crippen molar-refractivity contribution in [1.82, 2.24) is 4.08 Å². The van der Waals surface area contributed by atoms with Crippen LogP contribution in [0.1, 0.15) is 0 Å². The van der Waals surface area contributed by atoms with Crippen LogP contribution >= 0.6 is 121 Å². The van der Waals surface area contributed by atoms with Crippen molar-refractivity contribution >= 4 is 121 Å². The molecule has 1 unspecified atom stereocenters. The lowest BCUT2D eigenvalue weighted by Crippen LogP contribution is -2.09. The van der Waals surface area contributed by atoms with E-state index in [0.717, 1.165) is 11.9 Å². The van der Waals surface area contributed by atoms with Crippen molar-refractivity contribution in [2.45, 2.75) is 3.12 Å². The molecule has 0 spiro atoms. The van der Waals surface area contributed by atoms with Gasteiger partial charge in [-0.3, -0.25) is 0 Å². The van der Waals surface area contributed by atoms with Crippen LogP contribution in [0.3, 0.4) is 0 Å². The number of rotatable bonds is 2. The van der Waals surface area contributed by atoms with Gasteiger partial charge in [-0.25, -0.2) is 0 Å². The number of hydrogen-bond acceptors (Lipinski definition) is 5. The Kier molecular flexibility index (Phi) is 6.93. The largest absolute Gasteiger partial charge is 0.257 e. The summed E-state index contributed by atoms with van der Waals surface area (Å²) in [5.41, 5.74) is 0. The summed E-state index contributed by atoms with van der Waals surface area (Å²) in [6, 6.07) is 0. The van der Waals surface area contributed by atoms with Crippen molar-refractivity contribution < 1.29 is 0 Å². The second kappa shape index (κ2) is 6.44. The first-order valence-electron chi connectivity index (χ1n) is 3.65. The molecule has 0 saturated heterocycles. The Labute approximate surface area is 148 Å². The molecule has 1 aliphatic heterocycles. The highest BCUT2D eigenvalue weighted by Crippen LogP contribution is 2.87. The van der Waals surface area contributed by atoms with Crippen molar-refractivity contribution in [3.63, 3.8) is 0 Å². The molecule has 108 valence electrons. The van der Waals surface area contributed by atoms with Crippen molar-refractivity contribution in [1.29, 1.82) is 0 Å². The van der Waals surface area contributed by atoms with Crippen LogP contribution < -0.4 is 0 Å². The molecule has 0 aromatic carbocycles. The monoisotopic (exact) mass is 488 g/mol. The molecule has 1 atom stereocenters. The van der Waals surface area contributed by atoms with Crippen molar-refractivity contribution in [3.05, 3.63) is 0 Å². The quantitative estimate of drug-likeness (QED) is 0.220. The first-order chi connectivity index (χ1) is 7.75. The van der Waals surface area contributed by atoms with Gasteiger partial charge in [0.2, 0.25) is 6.71 Å². The third-order valence-electron chi connectivity index (χ3n) is 1.25. The minimum absolute atomic E-state index is 0.782. The average Bonchev–Trinajstić information content (AvgIpc) is 1.91. The Morgan fingerprint density at radius 1 is 0.889 bits per heavy atom. The van der Waals surface area contributed by atoms with Crippen LogP contribution in [0.5, 0.6) is 0 Å². The number of alkyl halides is 3. The van der Waals surface area contributed by atoms with Crippen LogP contribution in [0, 0.1) is 0 Å². The van der Waals surface area contributed by atoms with Crippen LogP contribution in [-0.4, -0.2) is 14.2 Å². The topological polar surface area (TPSA) is 40.3 Å². The van der Waals surface area contributed by atoms with E-state index in [1.54, 1.807) is 0 Å². The minimum atomic E-state index is -3.08. The lowest BCUT2D eigenvalue weighted by Gasteiger charge is -2.29. The van der Waals surface area contributed by atoms with E-state index >= 15 is 0 Å². The maximum atomic E-state index is 6.27. The standard InChI is InChI=1S/C2H3Cl8N4P3S/c1-14(18-2(3,4)5)17(10)12-15(6,7)11-16(8,9)13-17/h1H3. The van der Waals surface area contributed by atoms with E-state index in [9.17, 15) is 0 Å². The smallest absolute Gasteiger partial charge is 0.185 e. The van der Waals surface area contributed by atoms with Gasteiger partial charge >= 0.3 is 0 Å². The third-order valence-corrected chi connectivity index (χ3v) is 16.3. The fourth-order valence-electron chi connectivity index (χ4n) is 0.771. The zero-order valence-corrected chi connectivity index (χ0v) is 17.6. The molecule has 0 bridgehead atoms. The van der Waals surface area contributed by atoms with Gasteiger partial charge in [0.05, 0.1) is 0 Å². The molecular weight excluding hydrogens is 489 g/mol. The van der Waals surface area contributed by atoms with Gasteiger partial charge in [-0.1, -0.05) is 34.8 Å². The van der Waals surface area contributed by atoms with Crippen LogP contribution in [0.25, 0.3) is 0 Å². The van der Waals surface area contributed by atoms with Gasteiger partial charge in [-0.15, -0.1) is 0 Å². The SMILES string of the molecule is CN(SC(Cl)(Cl)Cl)P1(Cl)=NP(Cl)(Cl)=NP(Cl)(Cl)=N1. The first-order valence-corrected chi connectivity index (χ1v) is 15.1. The molecule has 18 heavy (non-hydrogen) atoms. The van der Waals surface area contributed by atoms with Gasteiger partial charge < -0.3 is 0 Å². The fraction of sp³-hybridized carbons (Fsp3) is 1.00. The minimum Gasteiger partial charge on any atom is -0.185 e. The van der Waals surface area contributed by atoms with E-state index < -0.39 is 21.7 Å². The summed E-state index contributed by atoms with van der Waals surface area (Å²) in [6.45, 7) is -3.05. The zero-order valence-electron chi connectivity index (χ0n) is 8.06. The zero-order chi connectivity index (χ0) is 14.4. The molecule has 0 fully saturated rings. The Hall–Kier alpha value is 3.32. The van der Waals surface area contributed by atoms with Gasteiger partial charge in [0.15, 0.2) is 0 Å². The number of halogens is 8. The summed E-state index contributed by atoms with van der Waals surface area (Å²) >= 11 is 47.6. The fourth-order valence-corrected chi connectivity index (χ4v) is 20.8. The molecule has 0 aromatic heterocycles. The lowest BCUT2D eigenvalue weighted by atomic mass is 11.6. The van der Waals surface area contributed by atoms with Crippen molar-refractivity contribution in [3.8, 4) is 0 Å². The van der Waals surface area contributed by atoms with Crippen LogP contribution in [0.2, 0.25) is 0 Å². The summed E-state index contributed by atoms with van der Waals surface area (Å²) < 4.78 is 11.5. The highest BCUT2D eigenvalue weighted by molar-refractivity contribution is 8.23. The molecule has 1 heterocycles. The Bertz CT molecular complexity index is 491. The summed E-state index contributed by atoms with van der Waals surface area (Å²) in [5.74, 6) is -6.16. The summed E-state index contributed by atoms with van der Waals surface area (Å²) in [7, 11) is 1.52. The van der Waals surface area contributed by atoms with Gasteiger partial charge in [-0.2, -0.15) is 17.6 Å². The molecule has 0 amide bonds. The molecule has 0 saturated carbocycles. The molecule has 4 nitrogen and oxygen atoms in total. The first kappa shape index (κ1) is 19.4. The summed E-state index contributed by atoms with van der Waals surface area (Å²) in [6.07, 6.45) is 0. The lowest BCUT2D eigenvalue weighted by molar-refractivity contribution is 0.913. The van der Waals surface area contributed by atoms with Crippen LogP contribution in [0.15, 0.2) is 13.5 Å². The molecule has 0 N–H and O–H groups in total. The molecule has 0 radical (unpaired) electrons. The second-order valence-electron chi connectivity index (χ2n) is 2.68. The summed E-state index contributed by atoms with van der Waals surface area (Å²) in [4.78, 5) is 0. The Balaban J connectivity index is 3.27. The molecule has 16 heteroatoms. The molecule has 1 rings (SSSR count). The maximum absolute atomic E-state index is 6.27. The molecule has 1 aliphatic rings. The maximum Gasteiger partial charge on any atom is 0.257 e. The van der Waals surface area contributed by atoms with Crippen LogP contribution in [-0.2, 0) is 0 Å². The predicted molar refractivity (Wildman–Crippen MR) is 93.0 cm³/mol. The third kappa shape index (κ3) is 6.21. The van der Waals surface area contributed by atoms with Crippen molar-refractivity contribution in [2.75, 3.05) is 7.05 Å². The Morgan fingerprint density at radius 2 is 1.33 bits per heavy atom. The number of hydrogen-bond donors (Lipinski definition) is 0. The van der Waals surface area contributed by atoms with Gasteiger partial charge in [0, 0.05) is 7.05 Å². The highest BCUT2D eigenvalue weighted by Gasteiger charge is 2.38. The summed E-state index contributed by atoms with van der Waals surface area (Å²) in [5, 5.41) is 0. The predicted octanol–water partition coefficient (Wildman–Crippen LogP) is 8.94. The molecule has 0 aliphatic carbocycles. The van der Waals surface area contributed by atoms with E-state index in [-0.39, 0.29) is 0 Å². The average molecular weight is 492 g/mol. The van der Waals surface area contributed by atoms with Gasteiger partial charge in [0.1, 0.15) is 0 Å². The van der Waals surface area contributed by atoms with Gasteiger partial charge in [-0.05, 0) is 68.2 Å². The van der Waals surface area contributed by atoms with E-state index in [2.05, 4.69) is 13.5 Å². The van der Waals surface area contributed by atoms with Crippen molar-refractivity contribution in [2.24, 2.45) is 13.5 Å². The van der Waals surface area contributed by atoms with Crippen LogP contribution in [0.4, 0.5) is 0 Å². The van der Waals surface area contributed by atoms with E-state index in [1.165, 1.54) is 11.1 Å². The molecule has 0 aromatic rings. The highest BCUT2D eigenvalue weighted by atomic mass is 35.9. The van der Waals surface area contributed by atoms with E-state index in [1.807, 2.05) is 0 Å². The second-order valence-corrected chi connectivity index (χ2v) is 20.9. The number of nitrogens with zero attached hydrogens (tertiary/aromatic N) is 4. The Morgan fingerprint density at radius 3 is 1.72 bits per heavy atom. The van der Waals surface area contributed by atoms with E-state index in [0.29, 0.717) is 0 Å². The van der Waals surface area contributed by atoms with E-state index in [4.69, 9.17) is 91.0 Å².